The van der Waals surface area contributed by atoms with Crippen LogP contribution < -0.4 is 0 Å². The van der Waals surface area contributed by atoms with Crippen LogP contribution in [0.15, 0.2) is 23.0 Å². The van der Waals surface area contributed by atoms with Gasteiger partial charge >= 0.3 is 0 Å². The Morgan fingerprint density at radius 1 is 1.62 bits per heavy atom. The van der Waals surface area contributed by atoms with E-state index in [-0.39, 0.29) is 0 Å². The third-order valence-corrected chi connectivity index (χ3v) is 5.09. The molecule has 1 aromatic rings. The summed E-state index contributed by atoms with van der Waals surface area (Å²) in [4.78, 5) is 2.48. The molecule has 3 heterocycles. The van der Waals surface area contributed by atoms with Gasteiger partial charge < -0.3 is 9.15 Å². The van der Waals surface area contributed by atoms with E-state index in [1.165, 1.54) is 25.1 Å². The molecule has 3 rings (SSSR count). The SMILES string of the molecule is CO[C@@H]1CSC2(C1)CN(Cc1ccoc1)C2. The fourth-order valence-corrected chi connectivity index (χ4v) is 4.34. The summed E-state index contributed by atoms with van der Waals surface area (Å²) in [6.45, 7) is 3.42. The Hall–Kier alpha value is -0.450. The lowest BCUT2D eigenvalue weighted by atomic mass is 9.92. The zero-order valence-corrected chi connectivity index (χ0v) is 10.3. The average molecular weight is 239 g/mol. The van der Waals surface area contributed by atoms with Gasteiger partial charge in [0.25, 0.3) is 0 Å². The van der Waals surface area contributed by atoms with Crippen molar-refractivity contribution in [3.05, 3.63) is 24.2 Å². The van der Waals surface area contributed by atoms with Gasteiger partial charge in [0.05, 0.1) is 18.6 Å². The summed E-state index contributed by atoms with van der Waals surface area (Å²) >= 11 is 2.09. The van der Waals surface area contributed by atoms with E-state index in [0.29, 0.717) is 10.9 Å². The number of hydrogen-bond acceptors (Lipinski definition) is 4. The van der Waals surface area contributed by atoms with Crippen LogP contribution in [0.3, 0.4) is 0 Å². The van der Waals surface area contributed by atoms with Crippen molar-refractivity contribution >= 4 is 11.8 Å². The summed E-state index contributed by atoms with van der Waals surface area (Å²) in [6.07, 6.45) is 5.28. The molecule has 4 heteroatoms. The number of nitrogens with zero attached hydrogens (tertiary/aromatic N) is 1. The molecule has 1 atom stereocenters. The van der Waals surface area contributed by atoms with Crippen LogP contribution in [0.1, 0.15) is 12.0 Å². The van der Waals surface area contributed by atoms with E-state index < -0.39 is 0 Å². The average Bonchev–Trinajstić information content (AvgIpc) is 2.85. The molecule has 2 aliphatic rings. The van der Waals surface area contributed by atoms with Crippen LogP contribution in [0.4, 0.5) is 0 Å². The van der Waals surface area contributed by atoms with Gasteiger partial charge in [-0.3, -0.25) is 4.90 Å². The zero-order chi connectivity index (χ0) is 11.0. The van der Waals surface area contributed by atoms with Gasteiger partial charge in [0.1, 0.15) is 0 Å². The first-order chi connectivity index (χ1) is 7.80. The monoisotopic (exact) mass is 239 g/mol. The third kappa shape index (κ3) is 1.90. The Balaban J connectivity index is 1.51. The summed E-state index contributed by atoms with van der Waals surface area (Å²) in [6, 6.07) is 2.05. The predicted molar refractivity (Wildman–Crippen MR) is 64.6 cm³/mol. The van der Waals surface area contributed by atoms with E-state index in [0.717, 1.165) is 12.3 Å². The molecule has 0 aliphatic carbocycles. The van der Waals surface area contributed by atoms with Crippen LogP contribution in [-0.4, -0.2) is 41.7 Å². The second-order valence-corrected chi connectivity index (χ2v) is 6.32. The number of methoxy groups -OCH3 is 1. The quantitative estimate of drug-likeness (QED) is 0.805. The van der Waals surface area contributed by atoms with Gasteiger partial charge in [0.2, 0.25) is 0 Å². The molecule has 0 aromatic carbocycles. The molecule has 1 aromatic heterocycles. The van der Waals surface area contributed by atoms with Crippen LogP contribution in [0.25, 0.3) is 0 Å². The van der Waals surface area contributed by atoms with Crippen molar-refractivity contribution in [1.82, 2.24) is 4.90 Å². The second-order valence-electron chi connectivity index (χ2n) is 4.83. The van der Waals surface area contributed by atoms with Crippen molar-refractivity contribution in [2.24, 2.45) is 0 Å². The first-order valence-electron chi connectivity index (χ1n) is 5.70. The van der Waals surface area contributed by atoms with Gasteiger partial charge in [-0.2, -0.15) is 0 Å². The smallest absolute Gasteiger partial charge is 0.0947 e. The van der Waals surface area contributed by atoms with E-state index in [4.69, 9.17) is 9.15 Å². The van der Waals surface area contributed by atoms with Gasteiger partial charge in [-0.25, -0.2) is 0 Å². The second kappa shape index (κ2) is 4.09. The molecule has 2 aliphatic heterocycles. The molecule has 0 saturated carbocycles. The van der Waals surface area contributed by atoms with Crippen molar-refractivity contribution in [3.63, 3.8) is 0 Å². The highest BCUT2D eigenvalue weighted by Gasteiger charge is 2.48. The van der Waals surface area contributed by atoms with Crippen LogP contribution in [0, 0.1) is 0 Å². The molecule has 2 fully saturated rings. The number of ether oxygens (including phenoxy) is 1. The Labute approximate surface area is 100 Å². The van der Waals surface area contributed by atoms with Gasteiger partial charge in [-0.05, 0) is 12.5 Å². The Morgan fingerprint density at radius 3 is 3.12 bits per heavy atom. The molecule has 0 amide bonds. The summed E-state index contributed by atoms with van der Waals surface area (Å²) < 4.78 is 11.0. The Morgan fingerprint density at radius 2 is 2.50 bits per heavy atom. The number of furan rings is 1. The van der Waals surface area contributed by atoms with Crippen LogP contribution >= 0.6 is 11.8 Å². The lowest BCUT2D eigenvalue weighted by Crippen LogP contribution is -2.58. The van der Waals surface area contributed by atoms with E-state index in [1.807, 2.05) is 19.4 Å². The standard InChI is InChI=1S/C12H17NO2S/c1-14-11-4-12(16-7-11)8-13(9-12)5-10-2-3-15-6-10/h2-3,6,11H,4-5,7-9H2,1H3/t11-/m0/s1. The molecule has 3 nitrogen and oxygen atoms in total. The van der Waals surface area contributed by atoms with E-state index in [1.54, 1.807) is 6.26 Å². The topological polar surface area (TPSA) is 25.6 Å². The molecule has 0 N–H and O–H groups in total. The maximum Gasteiger partial charge on any atom is 0.0947 e. The molecular formula is C12H17NO2S. The van der Waals surface area contributed by atoms with Gasteiger partial charge in [-0.15, -0.1) is 11.8 Å². The lowest BCUT2D eigenvalue weighted by Gasteiger charge is -2.47. The molecule has 0 radical (unpaired) electrons. The fraction of sp³-hybridized carbons (Fsp3) is 0.667. The third-order valence-electron chi connectivity index (χ3n) is 3.52. The van der Waals surface area contributed by atoms with Gasteiger partial charge in [-0.1, -0.05) is 0 Å². The minimum Gasteiger partial charge on any atom is -0.472 e. The summed E-state index contributed by atoms with van der Waals surface area (Å²) in [5, 5.41) is 0. The van der Waals surface area contributed by atoms with Crippen molar-refractivity contribution in [3.8, 4) is 0 Å². The molecule has 0 bridgehead atoms. The number of thioether (sulfide) groups is 1. The number of likely N-dealkylation sites (tertiary alicyclic amines) is 1. The molecule has 2 saturated heterocycles. The van der Waals surface area contributed by atoms with E-state index in [2.05, 4.69) is 16.7 Å². The van der Waals surface area contributed by atoms with Gasteiger partial charge in [0.15, 0.2) is 0 Å². The van der Waals surface area contributed by atoms with Crippen molar-refractivity contribution in [1.29, 1.82) is 0 Å². The molecular weight excluding hydrogens is 222 g/mol. The van der Waals surface area contributed by atoms with E-state index >= 15 is 0 Å². The highest BCUT2D eigenvalue weighted by molar-refractivity contribution is 8.01. The van der Waals surface area contributed by atoms with Crippen molar-refractivity contribution in [2.45, 2.75) is 23.8 Å². The van der Waals surface area contributed by atoms with Crippen LogP contribution in [0.2, 0.25) is 0 Å². The van der Waals surface area contributed by atoms with Crippen molar-refractivity contribution in [2.75, 3.05) is 26.0 Å². The first-order valence-corrected chi connectivity index (χ1v) is 6.68. The highest BCUT2D eigenvalue weighted by atomic mass is 32.2. The minimum absolute atomic E-state index is 0.473. The fourth-order valence-electron chi connectivity index (χ4n) is 2.70. The molecule has 1 spiro atoms. The predicted octanol–water partition coefficient (Wildman–Crippen LogP) is 1.99. The highest BCUT2D eigenvalue weighted by Crippen LogP contribution is 2.46. The summed E-state index contributed by atoms with van der Waals surface area (Å²) in [5.41, 5.74) is 1.28. The Kier molecular flexibility index (Phi) is 2.73. The number of rotatable bonds is 3. The molecule has 16 heavy (non-hydrogen) atoms. The lowest BCUT2D eigenvalue weighted by molar-refractivity contribution is 0.0630. The van der Waals surface area contributed by atoms with Crippen LogP contribution in [0.5, 0.6) is 0 Å². The van der Waals surface area contributed by atoms with Crippen LogP contribution in [-0.2, 0) is 11.3 Å². The maximum absolute atomic E-state index is 5.43. The zero-order valence-electron chi connectivity index (χ0n) is 9.52. The van der Waals surface area contributed by atoms with Crippen molar-refractivity contribution < 1.29 is 9.15 Å². The molecule has 88 valence electrons. The van der Waals surface area contributed by atoms with Gasteiger partial charge in [0, 0.05) is 42.8 Å². The normalized spacial score (nSPS) is 28.4. The Bertz CT molecular complexity index is 346. The number of hydrogen-bond donors (Lipinski definition) is 0. The maximum atomic E-state index is 5.43. The summed E-state index contributed by atoms with van der Waals surface area (Å²) in [5.74, 6) is 1.16. The first kappa shape index (κ1) is 10.7. The van der Waals surface area contributed by atoms with E-state index in [9.17, 15) is 0 Å². The largest absolute Gasteiger partial charge is 0.472 e. The molecule has 0 unspecified atom stereocenters. The minimum atomic E-state index is 0.473. The summed E-state index contributed by atoms with van der Waals surface area (Å²) in [7, 11) is 1.83.